The number of rotatable bonds is 7. The van der Waals surface area contributed by atoms with E-state index in [9.17, 15) is 14.9 Å². The minimum Gasteiger partial charge on any atom is -0.385 e. The fourth-order valence-corrected chi connectivity index (χ4v) is 2.92. The first-order valence-corrected chi connectivity index (χ1v) is 8.74. The van der Waals surface area contributed by atoms with Crippen molar-refractivity contribution < 1.29 is 9.72 Å². The van der Waals surface area contributed by atoms with Gasteiger partial charge in [-0.15, -0.1) is 0 Å². The van der Waals surface area contributed by atoms with Gasteiger partial charge in [-0.05, 0) is 42.2 Å². The van der Waals surface area contributed by atoms with Crippen LogP contribution in [0.5, 0.6) is 0 Å². The number of nitrogens with one attached hydrogen (secondary N) is 3. The molecule has 0 unspecified atom stereocenters. The van der Waals surface area contributed by atoms with Crippen LogP contribution in [0.2, 0.25) is 0 Å². The Kier molecular flexibility index (Phi) is 5.36. The Hall–Kier alpha value is -3.09. The van der Waals surface area contributed by atoms with Crippen molar-refractivity contribution in [1.82, 2.24) is 0 Å². The summed E-state index contributed by atoms with van der Waals surface area (Å²) in [5.41, 5.74) is 3.95. The molecule has 0 aromatic heterocycles. The predicted octanol–water partition coefficient (Wildman–Crippen LogP) is 3.91. The second-order valence-electron chi connectivity index (χ2n) is 6.31. The molecule has 1 aliphatic rings. The van der Waals surface area contributed by atoms with Crippen molar-refractivity contribution in [2.24, 2.45) is 0 Å². The minimum atomic E-state index is -0.392. The Labute approximate surface area is 152 Å². The molecule has 1 heterocycles. The van der Waals surface area contributed by atoms with Gasteiger partial charge in [0.05, 0.1) is 4.92 Å². The van der Waals surface area contributed by atoms with Crippen molar-refractivity contribution in [2.45, 2.75) is 32.7 Å². The number of nitro benzene ring substituents is 1. The summed E-state index contributed by atoms with van der Waals surface area (Å²) >= 11 is 0. The molecular weight excluding hydrogens is 332 g/mol. The lowest BCUT2D eigenvalue weighted by Gasteiger charge is -2.18. The van der Waals surface area contributed by atoms with Gasteiger partial charge in [0.25, 0.3) is 5.69 Å². The van der Waals surface area contributed by atoms with Crippen molar-refractivity contribution in [3.8, 4) is 0 Å². The van der Waals surface area contributed by atoms with Crippen LogP contribution in [0.3, 0.4) is 0 Å². The van der Waals surface area contributed by atoms with Crippen molar-refractivity contribution in [3.05, 3.63) is 57.6 Å². The Morgan fingerprint density at radius 2 is 1.92 bits per heavy atom. The average molecular weight is 354 g/mol. The lowest BCUT2D eigenvalue weighted by molar-refractivity contribution is -0.384. The van der Waals surface area contributed by atoms with E-state index in [0.717, 1.165) is 29.8 Å². The zero-order valence-electron chi connectivity index (χ0n) is 14.7. The van der Waals surface area contributed by atoms with Gasteiger partial charge in [0.2, 0.25) is 5.91 Å². The van der Waals surface area contributed by atoms with Gasteiger partial charge in [0.1, 0.15) is 5.69 Å². The third kappa shape index (κ3) is 4.11. The lowest BCUT2D eigenvalue weighted by Crippen LogP contribution is -2.19. The number of hydrogen-bond donors (Lipinski definition) is 3. The molecule has 0 bridgehead atoms. The highest BCUT2D eigenvalue weighted by Crippen LogP contribution is 2.34. The Bertz CT molecular complexity index is 818. The van der Waals surface area contributed by atoms with Crippen molar-refractivity contribution in [3.63, 3.8) is 0 Å². The maximum absolute atomic E-state index is 11.6. The minimum absolute atomic E-state index is 0.0288. The fourth-order valence-electron chi connectivity index (χ4n) is 2.92. The molecule has 26 heavy (non-hydrogen) atoms. The Morgan fingerprint density at radius 3 is 2.62 bits per heavy atom. The van der Waals surface area contributed by atoms with Gasteiger partial charge >= 0.3 is 0 Å². The first-order valence-electron chi connectivity index (χ1n) is 8.74. The normalized spacial score (nSPS) is 12.9. The number of benzene rings is 2. The molecule has 136 valence electrons. The number of amides is 1. The van der Waals surface area contributed by atoms with E-state index in [1.807, 2.05) is 24.3 Å². The van der Waals surface area contributed by atoms with Crippen LogP contribution in [0.25, 0.3) is 0 Å². The van der Waals surface area contributed by atoms with Crippen LogP contribution in [-0.2, 0) is 17.8 Å². The Balaban J connectivity index is 1.75. The smallest absolute Gasteiger partial charge is 0.292 e. The first-order chi connectivity index (χ1) is 12.6. The predicted molar refractivity (Wildman–Crippen MR) is 103 cm³/mol. The third-order valence-electron chi connectivity index (χ3n) is 4.33. The zero-order valence-corrected chi connectivity index (χ0v) is 14.7. The number of anilines is 3. The van der Waals surface area contributed by atoms with Crippen LogP contribution in [-0.4, -0.2) is 17.4 Å². The molecule has 0 fully saturated rings. The second-order valence-corrected chi connectivity index (χ2v) is 6.31. The van der Waals surface area contributed by atoms with Gasteiger partial charge in [-0.25, -0.2) is 0 Å². The van der Waals surface area contributed by atoms with Gasteiger partial charge in [-0.3, -0.25) is 14.9 Å². The summed E-state index contributed by atoms with van der Waals surface area (Å²) in [7, 11) is 0. The molecular formula is C19H22N4O3. The zero-order chi connectivity index (χ0) is 18.5. The summed E-state index contributed by atoms with van der Waals surface area (Å²) in [4.78, 5) is 22.6. The second kappa shape index (κ2) is 7.86. The molecule has 3 N–H and O–H groups in total. The maximum Gasteiger partial charge on any atom is 0.292 e. The molecule has 3 rings (SSSR count). The van der Waals surface area contributed by atoms with E-state index >= 15 is 0 Å². The fraction of sp³-hybridized carbons (Fsp3) is 0.316. The molecule has 2 aromatic rings. The average Bonchev–Trinajstić information content (AvgIpc) is 2.64. The molecule has 0 saturated carbocycles. The van der Waals surface area contributed by atoms with Crippen LogP contribution < -0.4 is 16.0 Å². The largest absolute Gasteiger partial charge is 0.385 e. The van der Waals surface area contributed by atoms with Crippen molar-refractivity contribution >= 4 is 28.7 Å². The van der Waals surface area contributed by atoms with Crippen molar-refractivity contribution in [2.75, 3.05) is 22.5 Å². The summed E-state index contributed by atoms with van der Waals surface area (Å²) in [6.07, 6.45) is 1.94. The van der Waals surface area contributed by atoms with Gasteiger partial charge < -0.3 is 16.0 Å². The monoisotopic (exact) mass is 354 g/mol. The highest BCUT2D eigenvalue weighted by molar-refractivity contribution is 5.95. The number of nitro groups is 1. The summed E-state index contributed by atoms with van der Waals surface area (Å²) in [6, 6.07) is 11.2. The van der Waals surface area contributed by atoms with Crippen LogP contribution in [0.1, 0.15) is 30.9 Å². The van der Waals surface area contributed by atoms with E-state index in [1.165, 1.54) is 0 Å². The number of fused-ring (bicyclic) bond motifs is 1. The van der Waals surface area contributed by atoms with Crippen LogP contribution in [0, 0.1) is 10.1 Å². The Morgan fingerprint density at radius 1 is 1.15 bits per heavy atom. The molecule has 2 aromatic carbocycles. The summed E-state index contributed by atoms with van der Waals surface area (Å²) in [5.74, 6) is -0.0625. The number of carbonyl (C=O) groups is 1. The highest BCUT2D eigenvalue weighted by Gasteiger charge is 2.22. The maximum atomic E-state index is 11.6. The SMILES string of the molecule is CCCNc1ccc(CNc2cc3c(cc2[N+](=O)[O-])CCC(=O)N3)cc1. The van der Waals surface area contributed by atoms with Crippen LogP contribution in [0.15, 0.2) is 36.4 Å². The molecule has 1 amide bonds. The van der Waals surface area contributed by atoms with Crippen LogP contribution in [0.4, 0.5) is 22.7 Å². The number of carbonyl (C=O) groups excluding carboxylic acids is 1. The summed E-state index contributed by atoms with van der Waals surface area (Å²) in [6.45, 7) is 3.49. The van der Waals surface area contributed by atoms with E-state index in [1.54, 1.807) is 12.1 Å². The molecule has 0 radical (unpaired) electrons. The van der Waals surface area contributed by atoms with Gasteiger partial charge in [0, 0.05) is 37.0 Å². The van der Waals surface area contributed by atoms with E-state index < -0.39 is 4.92 Å². The van der Waals surface area contributed by atoms with E-state index in [4.69, 9.17) is 0 Å². The molecule has 7 nitrogen and oxygen atoms in total. The van der Waals surface area contributed by atoms with E-state index in [-0.39, 0.29) is 11.6 Å². The molecule has 7 heteroatoms. The van der Waals surface area contributed by atoms with E-state index in [2.05, 4.69) is 22.9 Å². The number of aryl methyl sites for hydroxylation is 1. The number of hydrogen-bond acceptors (Lipinski definition) is 5. The first kappa shape index (κ1) is 17.7. The molecule has 0 atom stereocenters. The quantitative estimate of drug-likeness (QED) is 0.517. The number of nitrogens with zero attached hydrogens (tertiary/aromatic N) is 1. The van der Waals surface area contributed by atoms with Crippen LogP contribution >= 0.6 is 0 Å². The van der Waals surface area contributed by atoms with Gasteiger partial charge in [-0.2, -0.15) is 0 Å². The molecule has 0 spiro atoms. The molecule has 0 saturated heterocycles. The molecule has 0 aliphatic carbocycles. The molecule has 1 aliphatic heterocycles. The topological polar surface area (TPSA) is 96.3 Å². The highest BCUT2D eigenvalue weighted by atomic mass is 16.6. The van der Waals surface area contributed by atoms with E-state index in [0.29, 0.717) is 30.8 Å². The lowest BCUT2D eigenvalue weighted by atomic mass is 10.0. The summed E-state index contributed by atoms with van der Waals surface area (Å²) < 4.78 is 0. The standard InChI is InChI=1S/C19H22N4O3/c1-2-9-20-15-6-3-13(4-7-15)12-21-17-11-16-14(5-8-19(24)22-16)10-18(17)23(25)26/h3-4,6-7,10-11,20-21H,2,5,8-9,12H2,1H3,(H,22,24). The van der Waals surface area contributed by atoms with Gasteiger partial charge in [0.15, 0.2) is 0 Å². The van der Waals surface area contributed by atoms with Gasteiger partial charge in [-0.1, -0.05) is 19.1 Å². The third-order valence-corrected chi connectivity index (χ3v) is 4.33. The van der Waals surface area contributed by atoms with Crippen molar-refractivity contribution in [1.29, 1.82) is 0 Å². The summed E-state index contributed by atoms with van der Waals surface area (Å²) in [5, 5.41) is 20.6.